The first-order valence-corrected chi connectivity index (χ1v) is 5.54. The Morgan fingerprint density at radius 1 is 1.25 bits per heavy atom. The normalized spacial score (nSPS) is 15.9. The molecule has 0 atom stereocenters. The van der Waals surface area contributed by atoms with Crippen molar-refractivity contribution in [1.29, 1.82) is 0 Å². The second-order valence-corrected chi connectivity index (χ2v) is 4.09. The largest absolute Gasteiger partial charge is 0.433 e. The maximum absolute atomic E-state index is 12.0. The number of alkyl halides is 2. The minimum atomic E-state index is -2.84. The van der Waals surface area contributed by atoms with Crippen LogP contribution in [-0.4, -0.2) is 19.7 Å². The Morgan fingerprint density at radius 2 is 1.94 bits per heavy atom. The van der Waals surface area contributed by atoms with Crippen molar-refractivity contribution in [2.75, 3.05) is 18.0 Å². The maximum Gasteiger partial charge on any atom is 0.387 e. The van der Waals surface area contributed by atoms with Crippen LogP contribution in [0, 0.1) is 0 Å². The first kappa shape index (κ1) is 11.5. The molecule has 1 saturated heterocycles. The van der Waals surface area contributed by atoms with Gasteiger partial charge in [0.05, 0.1) is 5.02 Å². The van der Waals surface area contributed by atoms with Crippen molar-refractivity contribution in [3.8, 4) is 5.75 Å². The van der Waals surface area contributed by atoms with Gasteiger partial charge in [0.15, 0.2) is 0 Å². The van der Waals surface area contributed by atoms with E-state index in [1.807, 2.05) is 0 Å². The van der Waals surface area contributed by atoms with E-state index in [1.165, 1.54) is 6.07 Å². The Hall–Kier alpha value is -1.03. The van der Waals surface area contributed by atoms with Crippen LogP contribution in [0.25, 0.3) is 0 Å². The molecule has 0 spiro atoms. The molecule has 1 aromatic carbocycles. The lowest BCUT2D eigenvalue weighted by atomic mass is 10.3. The molecule has 0 aromatic heterocycles. The van der Waals surface area contributed by atoms with Crippen molar-refractivity contribution in [3.05, 3.63) is 23.2 Å². The molecule has 0 N–H and O–H groups in total. The topological polar surface area (TPSA) is 12.5 Å². The lowest BCUT2D eigenvalue weighted by Gasteiger charge is -2.18. The van der Waals surface area contributed by atoms with Crippen LogP contribution in [-0.2, 0) is 0 Å². The molecule has 1 heterocycles. The molecule has 0 radical (unpaired) electrons. The molecule has 88 valence electrons. The molecule has 1 fully saturated rings. The molecule has 0 aliphatic carbocycles. The van der Waals surface area contributed by atoms with Gasteiger partial charge in [0.2, 0.25) is 0 Å². The molecule has 0 bridgehead atoms. The van der Waals surface area contributed by atoms with Gasteiger partial charge in [-0.05, 0) is 31.0 Å². The third kappa shape index (κ3) is 2.55. The molecule has 1 aliphatic rings. The molecular weight excluding hydrogens is 236 g/mol. The monoisotopic (exact) mass is 247 g/mol. The highest BCUT2D eigenvalue weighted by Crippen LogP contribution is 2.31. The van der Waals surface area contributed by atoms with Crippen LogP contribution >= 0.6 is 11.6 Å². The average Bonchev–Trinajstić information content (AvgIpc) is 2.73. The van der Waals surface area contributed by atoms with E-state index >= 15 is 0 Å². The van der Waals surface area contributed by atoms with Gasteiger partial charge in [-0.25, -0.2) is 0 Å². The van der Waals surface area contributed by atoms with Gasteiger partial charge in [0.1, 0.15) is 5.75 Å². The van der Waals surface area contributed by atoms with Crippen LogP contribution < -0.4 is 9.64 Å². The first-order valence-electron chi connectivity index (χ1n) is 5.16. The lowest BCUT2D eigenvalue weighted by molar-refractivity contribution is -0.0497. The van der Waals surface area contributed by atoms with Crippen LogP contribution in [0.3, 0.4) is 0 Å². The highest BCUT2D eigenvalue weighted by Gasteiger charge is 2.15. The smallest absolute Gasteiger partial charge is 0.387 e. The van der Waals surface area contributed by atoms with Crippen LogP contribution in [0.1, 0.15) is 12.8 Å². The van der Waals surface area contributed by atoms with Crippen molar-refractivity contribution >= 4 is 17.3 Å². The van der Waals surface area contributed by atoms with E-state index in [1.54, 1.807) is 12.1 Å². The van der Waals surface area contributed by atoms with E-state index in [4.69, 9.17) is 11.6 Å². The van der Waals surface area contributed by atoms with Gasteiger partial charge < -0.3 is 9.64 Å². The minimum absolute atomic E-state index is 0.0274. The Labute approximate surface area is 97.8 Å². The SMILES string of the molecule is FC(F)Oc1ccc(N2CCCC2)cc1Cl. The third-order valence-electron chi connectivity index (χ3n) is 2.60. The lowest BCUT2D eigenvalue weighted by Crippen LogP contribution is -2.17. The number of hydrogen-bond donors (Lipinski definition) is 0. The molecular formula is C11H12ClF2NO. The molecule has 5 heteroatoms. The van der Waals surface area contributed by atoms with Gasteiger partial charge in [-0.3, -0.25) is 0 Å². The summed E-state index contributed by atoms with van der Waals surface area (Å²) in [6, 6.07) is 4.92. The van der Waals surface area contributed by atoms with Crippen molar-refractivity contribution in [2.24, 2.45) is 0 Å². The Balaban J connectivity index is 2.15. The molecule has 2 rings (SSSR count). The van der Waals surface area contributed by atoms with E-state index in [0.29, 0.717) is 0 Å². The van der Waals surface area contributed by atoms with Crippen LogP contribution in [0.4, 0.5) is 14.5 Å². The fraction of sp³-hybridized carbons (Fsp3) is 0.455. The summed E-state index contributed by atoms with van der Waals surface area (Å²) in [6.07, 6.45) is 2.32. The summed E-state index contributed by atoms with van der Waals surface area (Å²) in [5, 5.41) is 0.227. The summed E-state index contributed by atoms with van der Waals surface area (Å²) in [6.45, 7) is -0.855. The van der Waals surface area contributed by atoms with Gasteiger partial charge in [-0.1, -0.05) is 11.6 Å². The summed E-state index contributed by atoms with van der Waals surface area (Å²) in [7, 11) is 0. The Morgan fingerprint density at radius 3 is 2.50 bits per heavy atom. The Kier molecular flexibility index (Phi) is 3.49. The summed E-state index contributed by atoms with van der Waals surface area (Å²) < 4.78 is 28.3. The van der Waals surface area contributed by atoms with Gasteiger partial charge in [-0.15, -0.1) is 0 Å². The highest BCUT2D eigenvalue weighted by molar-refractivity contribution is 6.32. The number of benzene rings is 1. The quantitative estimate of drug-likeness (QED) is 0.810. The van der Waals surface area contributed by atoms with E-state index in [9.17, 15) is 8.78 Å². The van der Waals surface area contributed by atoms with Gasteiger partial charge in [-0.2, -0.15) is 8.78 Å². The zero-order valence-corrected chi connectivity index (χ0v) is 9.38. The highest BCUT2D eigenvalue weighted by atomic mass is 35.5. The Bertz CT molecular complexity index is 367. The van der Waals surface area contributed by atoms with Gasteiger partial charge >= 0.3 is 6.61 Å². The zero-order valence-electron chi connectivity index (χ0n) is 8.63. The average molecular weight is 248 g/mol. The maximum atomic E-state index is 12.0. The van der Waals surface area contributed by atoms with Crippen LogP contribution in [0.5, 0.6) is 5.75 Å². The molecule has 16 heavy (non-hydrogen) atoms. The number of halogens is 3. The zero-order chi connectivity index (χ0) is 11.5. The standard InChI is InChI=1S/C11H12ClF2NO/c12-9-7-8(15-5-1-2-6-15)3-4-10(9)16-11(13)14/h3-4,7,11H,1-2,5-6H2. The van der Waals surface area contributed by atoms with Gasteiger partial charge in [0.25, 0.3) is 0 Å². The fourth-order valence-corrected chi connectivity index (χ4v) is 2.07. The predicted molar refractivity (Wildman–Crippen MR) is 59.5 cm³/mol. The van der Waals surface area contributed by atoms with E-state index < -0.39 is 6.61 Å². The van der Waals surface area contributed by atoms with Crippen LogP contribution in [0.2, 0.25) is 5.02 Å². The fourth-order valence-electron chi connectivity index (χ4n) is 1.85. The van der Waals surface area contributed by atoms with E-state index in [2.05, 4.69) is 9.64 Å². The molecule has 2 nitrogen and oxygen atoms in total. The summed E-state index contributed by atoms with van der Waals surface area (Å²) in [5.74, 6) is 0.0274. The minimum Gasteiger partial charge on any atom is -0.433 e. The van der Waals surface area contributed by atoms with E-state index in [-0.39, 0.29) is 10.8 Å². The number of anilines is 1. The second kappa shape index (κ2) is 4.87. The number of nitrogens with zero attached hydrogens (tertiary/aromatic N) is 1. The number of hydrogen-bond acceptors (Lipinski definition) is 2. The first-order chi connectivity index (χ1) is 7.66. The second-order valence-electron chi connectivity index (χ2n) is 3.69. The van der Waals surface area contributed by atoms with Crippen molar-refractivity contribution in [1.82, 2.24) is 0 Å². The molecule has 1 aromatic rings. The van der Waals surface area contributed by atoms with E-state index in [0.717, 1.165) is 31.6 Å². The molecule has 1 aliphatic heterocycles. The molecule has 0 amide bonds. The number of rotatable bonds is 3. The predicted octanol–water partition coefficient (Wildman–Crippen LogP) is 3.54. The van der Waals surface area contributed by atoms with Gasteiger partial charge in [0, 0.05) is 18.8 Å². The molecule has 0 saturated carbocycles. The van der Waals surface area contributed by atoms with Crippen molar-refractivity contribution in [2.45, 2.75) is 19.5 Å². The summed E-state index contributed by atoms with van der Waals surface area (Å²) in [4.78, 5) is 2.18. The van der Waals surface area contributed by atoms with Crippen molar-refractivity contribution < 1.29 is 13.5 Å². The van der Waals surface area contributed by atoms with Crippen molar-refractivity contribution in [3.63, 3.8) is 0 Å². The molecule has 0 unspecified atom stereocenters. The van der Waals surface area contributed by atoms with Crippen LogP contribution in [0.15, 0.2) is 18.2 Å². The summed E-state index contributed by atoms with van der Waals surface area (Å²) in [5.41, 5.74) is 0.962. The third-order valence-corrected chi connectivity index (χ3v) is 2.90. The summed E-state index contributed by atoms with van der Waals surface area (Å²) >= 11 is 5.87. The number of ether oxygens (including phenoxy) is 1.